The van der Waals surface area contributed by atoms with Gasteiger partial charge in [-0.15, -0.1) is 0 Å². The number of aromatic nitrogens is 2. The van der Waals surface area contributed by atoms with Crippen LogP contribution < -0.4 is 4.74 Å². The van der Waals surface area contributed by atoms with Crippen LogP contribution in [0.3, 0.4) is 0 Å². The standard InChI is InChI=1S/C16H14N2O3S/c1-21-15-10-6-5-9-14(15)16-17-11-12-18(16)22(19,20)13-7-3-2-4-8-13/h2-12H,1H3. The zero-order valence-corrected chi connectivity index (χ0v) is 12.7. The zero-order valence-electron chi connectivity index (χ0n) is 11.9. The van der Waals surface area contributed by atoms with Crippen molar-refractivity contribution in [2.45, 2.75) is 4.90 Å². The fraction of sp³-hybridized carbons (Fsp3) is 0.0625. The third-order valence-corrected chi connectivity index (χ3v) is 4.94. The summed E-state index contributed by atoms with van der Waals surface area (Å²) in [6.07, 6.45) is 2.90. The van der Waals surface area contributed by atoms with Gasteiger partial charge in [0, 0.05) is 12.4 Å². The van der Waals surface area contributed by atoms with Crippen LogP contribution in [0.1, 0.15) is 0 Å². The third kappa shape index (κ3) is 2.37. The summed E-state index contributed by atoms with van der Waals surface area (Å²) in [4.78, 5) is 4.40. The summed E-state index contributed by atoms with van der Waals surface area (Å²) >= 11 is 0. The first kappa shape index (κ1) is 14.3. The molecular weight excluding hydrogens is 300 g/mol. The van der Waals surface area contributed by atoms with Gasteiger partial charge in [0.1, 0.15) is 5.75 Å². The van der Waals surface area contributed by atoms with Crippen molar-refractivity contribution in [3.05, 3.63) is 67.0 Å². The summed E-state index contributed by atoms with van der Waals surface area (Å²) in [5.74, 6) is 0.888. The summed E-state index contributed by atoms with van der Waals surface area (Å²) in [6.45, 7) is 0. The molecule has 1 heterocycles. The largest absolute Gasteiger partial charge is 0.496 e. The van der Waals surface area contributed by atoms with E-state index in [0.29, 0.717) is 17.1 Å². The van der Waals surface area contributed by atoms with Crippen LogP contribution in [0.25, 0.3) is 11.4 Å². The monoisotopic (exact) mass is 314 g/mol. The van der Waals surface area contributed by atoms with Gasteiger partial charge in [0.05, 0.1) is 17.6 Å². The maximum absolute atomic E-state index is 12.8. The van der Waals surface area contributed by atoms with Crippen LogP contribution in [0, 0.1) is 0 Å². The van der Waals surface area contributed by atoms with Crippen molar-refractivity contribution in [1.29, 1.82) is 0 Å². The van der Waals surface area contributed by atoms with E-state index >= 15 is 0 Å². The fourth-order valence-corrected chi connectivity index (χ4v) is 3.53. The Labute approximate surface area is 128 Å². The Morgan fingerprint density at radius 3 is 2.41 bits per heavy atom. The summed E-state index contributed by atoms with van der Waals surface area (Å²) in [6, 6.07) is 15.4. The third-order valence-electron chi connectivity index (χ3n) is 3.26. The van der Waals surface area contributed by atoms with Crippen LogP contribution in [0.15, 0.2) is 71.9 Å². The highest BCUT2D eigenvalue weighted by Gasteiger charge is 2.22. The summed E-state index contributed by atoms with van der Waals surface area (Å²) in [5, 5.41) is 0. The molecule has 2 aromatic carbocycles. The number of para-hydroxylation sites is 1. The molecule has 0 atom stereocenters. The van der Waals surface area contributed by atoms with E-state index in [1.165, 1.54) is 23.5 Å². The Morgan fingerprint density at radius 2 is 1.68 bits per heavy atom. The molecule has 5 nitrogen and oxygen atoms in total. The number of hydrogen-bond acceptors (Lipinski definition) is 4. The molecule has 0 bridgehead atoms. The van der Waals surface area contributed by atoms with Crippen molar-refractivity contribution in [2.24, 2.45) is 0 Å². The maximum Gasteiger partial charge on any atom is 0.269 e. The number of ether oxygens (including phenoxy) is 1. The zero-order chi connectivity index (χ0) is 15.6. The molecule has 0 saturated carbocycles. The van der Waals surface area contributed by atoms with Gasteiger partial charge in [-0.3, -0.25) is 0 Å². The molecule has 0 saturated heterocycles. The van der Waals surface area contributed by atoms with Crippen molar-refractivity contribution < 1.29 is 13.2 Å². The second-order valence-corrected chi connectivity index (χ2v) is 6.38. The van der Waals surface area contributed by atoms with E-state index in [1.807, 2.05) is 12.1 Å². The lowest BCUT2D eigenvalue weighted by Crippen LogP contribution is -2.13. The number of benzene rings is 2. The van der Waals surface area contributed by atoms with Crippen molar-refractivity contribution in [1.82, 2.24) is 8.96 Å². The van der Waals surface area contributed by atoms with Gasteiger partial charge in [-0.25, -0.2) is 17.4 Å². The number of nitrogens with zero attached hydrogens (tertiary/aromatic N) is 2. The van der Waals surface area contributed by atoms with Crippen LogP contribution in [0.2, 0.25) is 0 Å². The van der Waals surface area contributed by atoms with E-state index in [9.17, 15) is 8.42 Å². The smallest absolute Gasteiger partial charge is 0.269 e. The lowest BCUT2D eigenvalue weighted by atomic mass is 10.2. The normalized spacial score (nSPS) is 11.3. The Bertz CT molecular complexity index is 887. The van der Waals surface area contributed by atoms with Crippen molar-refractivity contribution >= 4 is 10.0 Å². The first-order valence-electron chi connectivity index (χ1n) is 6.62. The molecule has 0 unspecified atom stereocenters. The minimum Gasteiger partial charge on any atom is -0.496 e. The highest BCUT2D eigenvalue weighted by Crippen LogP contribution is 2.30. The number of rotatable bonds is 4. The predicted octanol–water partition coefficient (Wildman–Crippen LogP) is 2.80. The lowest BCUT2D eigenvalue weighted by Gasteiger charge is -2.11. The van der Waals surface area contributed by atoms with E-state index < -0.39 is 10.0 Å². The van der Waals surface area contributed by atoms with Crippen LogP contribution in [0.5, 0.6) is 5.75 Å². The molecule has 0 spiro atoms. The van der Waals surface area contributed by atoms with Gasteiger partial charge in [-0.1, -0.05) is 30.3 Å². The fourth-order valence-electron chi connectivity index (χ4n) is 2.21. The van der Waals surface area contributed by atoms with Gasteiger partial charge in [0.15, 0.2) is 5.82 Å². The van der Waals surface area contributed by atoms with Gasteiger partial charge in [-0.05, 0) is 24.3 Å². The second-order valence-electron chi connectivity index (χ2n) is 4.57. The summed E-state index contributed by atoms with van der Waals surface area (Å²) < 4.78 is 32.0. The van der Waals surface area contributed by atoms with E-state index in [0.717, 1.165) is 0 Å². The van der Waals surface area contributed by atoms with Crippen LogP contribution in [-0.4, -0.2) is 24.5 Å². The summed E-state index contributed by atoms with van der Waals surface area (Å²) in [5.41, 5.74) is 0.620. The Kier molecular flexibility index (Phi) is 3.68. The quantitative estimate of drug-likeness (QED) is 0.743. The topological polar surface area (TPSA) is 61.2 Å². The molecule has 0 amide bonds. The molecule has 0 fully saturated rings. The minimum absolute atomic E-state index is 0.212. The van der Waals surface area contributed by atoms with Crippen molar-refractivity contribution in [3.8, 4) is 17.1 Å². The van der Waals surface area contributed by atoms with Gasteiger partial charge in [-0.2, -0.15) is 0 Å². The minimum atomic E-state index is -3.70. The SMILES string of the molecule is COc1ccccc1-c1nccn1S(=O)(=O)c1ccccc1. The van der Waals surface area contributed by atoms with Crippen molar-refractivity contribution in [2.75, 3.05) is 7.11 Å². The van der Waals surface area contributed by atoms with Crippen LogP contribution in [0.4, 0.5) is 0 Å². The van der Waals surface area contributed by atoms with E-state index in [2.05, 4.69) is 4.98 Å². The molecule has 0 N–H and O–H groups in total. The van der Waals surface area contributed by atoms with Gasteiger partial charge in [0.25, 0.3) is 10.0 Å². The number of hydrogen-bond donors (Lipinski definition) is 0. The molecule has 0 aliphatic rings. The lowest BCUT2D eigenvalue weighted by molar-refractivity contribution is 0.416. The molecule has 0 aliphatic heterocycles. The average Bonchev–Trinajstić information content (AvgIpc) is 3.06. The molecule has 0 aliphatic carbocycles. The van der Waals surface area contributed by atoms with Gasteiger partial charge < -0.3 is 4.74 Å². The van der Waals surface area contributed by atoms with E-state index in [-0.39, 0.29) is 4.90 Å². The van der Waals surface area contributed by atoms with Crippen molar-refractivity contribution in [3.63, 3.8) is 0 Å². The summed E-state index contributed by atoms with van der Waals surface area (Å²) in [7, 11) is -2.16. The first-order valence-corrected chi connectivity index (χ1v) is 8.06. The molecule has 3 aromatic rings. The molecule has 1 aromatic heterocycles. The van der Waals surface area contributed by atoms with E-state index in [1.54, 1.807) is 42.5 Å². The van der Waals surface area contributed by atoms with Crippen LogP contribution in [-0.2, 0) is 10.0 Å². The highest BCUT2D eigenvalue weighted by molar-refractivity contribution is 7.90. The van der Waals surface area contributed by atoms with Crippen LogP contribution >= 0.6 is 0 Å². The first-order chi connectivity index (χ1) is 10.6. The van der Waals surface area contributed by atoms with E-state index in [4.69, 9.17) is 4.74 Å². The number of methoxy groups -OCH3 is 1. The van der Waals surface area contributed by atoms with Gasteiger partial charge in [0.2, 0.25) is 0 Å². The second kappa shape index (κ2) is 5.65. The molecule has 3 rings (SSSR count). The average molecular weight is 314 g/mol. The van der Waals surface area contributed by atoms with Gasteiger partial charge >= 0.3 is 0 Å². The molecule has 0 radical (unpaired) electrons. The molecule has 22 heavy (non-hydrogen) atoms. The highest BCUT2D eigenvalue weighted by atomic mass is 32.2. The maximum atomic E-state index is 12.8. The molecule has 112 valence electrons. The number of imidazole rings is 1. The predicted molar refractivity (Wildman–Crippen MR) is 83.2 cm³/mol. The Morgan fingerprint density at radius 1 is 1.00 bits per heavy atom. The molecule has 6 heteroatoms. The Balaban J connectivity index is 2.18. The Hall–Kier alpha value is -2.60. The molecular formula is C16H14N2O3S.